The molecule has 1 heterocycles. The monoisotopic (exact) mass is 344 g/mol. The van der Waals surface area contributed by atoms with Crippen molar-refractivity contribution in [3.05, 3.63) is 29.8 Å². The van der Waals surface area contributed by atoms with Crippen molar-refractivity contribution in [2.75, 3.05) is 16.8 Å². The van der Waals surface area contributed by atoms with Gasteiger partial charge in [0, 0.05) is 5.69 Å². The van der Waals surface area contributed by atoms with Crippen LogP contribution in [0.2, 0.25) is 0 Å². The molecule has 1 aromatic heterocycles. The van der Waals surface area contributed by atoms with Gasteiger partial charge in [-0.3, -0.25) is 9.36 Å². The van der Waals surface area contributed by atoms with E-state index in [1.54, 1.807) is 4.57 Å². The van der Waals surface area contributed by atoms with Gasteiger partial charge in [-0.2, -0.15) is 5.26 Å². The van der Waals surface area contributed by atoms with Gasteiger partial charge < -0.3 is 11.1 Å². The van der Waals surface area contributed by atoms with Gasteiger partial charge in [-0.05, 0) is 30.5 Å². The van der Waals surface area contributed by atoms with E-state index in [2.05, 4.69) is 22.4 Å². The Morgan fingerprint density at radius 1 is 1.38 bits per heavy atom. The topological polar surface area (TPSA) is 110 Å². The van der Waals surface area contributed by atoms with E-state index in [4.69, 9.17) is 11.0 Å². The normalized spacial score (nSPS) is 11.7. The van der Waals surface area contributed by atoms with E-state index in [-0.39, 0.29) is 17.6 Å². The molecule has 0 radical (unpaired) electrons. The molecule has 7 nitrogen and oxygen atoms in total. The van der Waals surface area contributed by atoms with E-state index in [1.807, 2.05) is 37.3 Å². The molecule has 1 amide bonds. The Balaban J connectivity index is 2.19. The predicted octanol–water partition coefficient (Wildman–Crippen LogP) is 2.63. The minimum atomic E-state index is -0.535. The Bertz CT molecular complexity index is 734. The highest BCUT2D eigenvalue weighted by Gasteiger charge is 2.24. The minimum absolute atomic E-state index is 0.166. The number of hydrogen-bond acceptors (Lipinski definition) is 6. The molecule has 0 fully saturated rings. The van der Waals surface area contributed by atoms with Crippen LogP contribution in [0.5, 0.6) is 0 Å². The number of rotatable bonds is 7. The molecule has 2 aromatic rings. The largest absolute Gasteiger partial charge is 0.368 e. The van der Waals surface area contributed by atoms with Gasteiger partial charge >= 0.3 is 0 Å². The summed E-state index contributed by atoms with van der Waals surface area (Å²) >= 11 is 1.21. The number of amides is 1. The summed E-state index contributed by atoms with van der Waals surface area (Å²) in [5, 5.41) is 19.9. The third-order valence-electron chi connectivity index (χ3n) is 3.59. The molecule has 1 atom stereocenters. The zero-order valence-electron chi connectivity index (χ0n) is 13.7. The first-order chi connectivity index (χ1) is 11.6. The summed E-state index contributed by atoms with van der Waals surface area (Å²) in [5.41, 5.74) is 7.81. The van der Waals surface area contributed by atoms with Crippen LogP contribution >= 0.6 is 11.8 Å². The molecule has 24 heavy (non-hydrogen) atoms. The van der Waals surface area contributed by atoms with E-state index in [1.165, 1.54) is 17.3 Å². The first kappa shape index (κ1) is 17.8. The number of anilines is 2. The maximum Gasteiger partial charge on any atom is 0.247 e. The van der Waals surface area contributed by atoms with Crippen LogP contribution in [0.25, 0.3) is 0 Å². The van der Waals surface area contributed by atoms with Gasteiger partial charge in [0.15, 0.2) is 5.16 Å². The van der Waals surface area contributed by atoms with Crippen molar-refractivity contribution in [3.8, 4) is 6.07 Å². The summed E-state index contributed by atoms with van der Waals surface area (Å²) in [6.45, 7) is 3.97. The van der Waals surface area contributed by atoms with Crippen molar-refractivity contribution in [1.29, 1.82) is 5.26 Å². The van der Waals surface area contributed by atoms with Crippen molar-refractivity contribution < 1.29 is 4.79 Å². The number of thioether (sulfide) groups is 1. The second-order valence-corrected chi connectivity index (χ2v) is 6.06. The number of nitrogens with one attached hydrogen (secondary N) is 1. The molecule has 1 unspecified atom stereocenters. The predicted molar refractivity (Wildman–Crippen MR) is 94.5 cm³/mol. The SMILES string of the molecule is CCc1ccc(NC(=O)C(CC)n2c(N)nnc2SCC#N)cc1. The van der Waals surface area contributed by atoms with E-state index >= 15 is 0 Å². The Morgan fingerprint density at radius 2 is 2.08 bits per heavy atom. The summed E-state index contributed by atoms with van der Waals surface area (Å²) in [5.74, 6) is 0.195. The molecule has 2 rings (SSSR count). The lowest BCUT2D eigenvalue weighted by atomic mass is 10.1. The Hall–Kier alpha value is -2.53. The fourth-order valence-electron chi connectivity index (χ4n) is 2.31. The van der Waals surface area contributed by atoms with E-state index < -0.39 is 6.04 Å². The number of hydrogen-bond donors (Lipinski definition) is 2. The van der Waals surface area contributed by atoms with Crippen LogP contribution in [-0.4, -0.2) is 26.4 Å². The van der Waals surface area contributed by atoms with Gasteiger partial charge in [0.2, 0.25) is 11.9 Å². The maximum atomic E-state index is 12.7. The quantitative estimate of drug-likeness (QED) is 0.747. The third kappa shape index (κ3) is 4.06. The van der Waals surface area contributed by atoms with Gasteiger partial charge in [-0.1, -0.05) is 37.7 Å². The van der Waals surface area contributed by atoms with Crippen LogP contribution in [0.1, 0.15) is 31.9 Å². The zero-order valence-corrected chi connectivity index (χ0v) is 14.5. The standard InChI is InChI=1S/C16H20N6OS/c1-3-11-5-7-12(8-6-11)19-14(23)13(4-2)22-15(18)20-21-16(22)24-10-9-17/h5-8,13H,3-4,10H2,1-2H3,(H2,18,20)(H,19,23). The van der Waals surface area contributed by atoms with Crippen LogP contribution in [0.4, 0.5) is 11.6 Å². The fourth-order valence-corrected chi connectivity index (χ4v) is 2.96. The van der Waals surface area contributed by atoms with Crippen LogP contribution in [-0.2, 0) is 11.2 Å². The van der Waals surface area contributed by atoms with Gasteiger partial charge in [0.05, 0.1) is 11.8 Å². The molecule has 0 spiro atoms. The lowest BCUT2D eigenvalue weighted by molar-refractivity contribution is -0.119. The summed E-state index contributed by atoms with van der Waals surface area (Å²) < 4.78 is 1.58. The molecular formula is C16H20N6OS. The number of carbonyl (C=O) groups excluding carboxylic acids is 1. The molecular weight excluding hydrogens is 324 g/mol. The molecule has 126 valence electrons. The lowest BCUT2D eigenvalue weighted by Crippen LogP contribution is -2.27. The molecule has 0 aliphatic carbocycles. The van der Waals surface area contributed by atoms with Crippen LogP contribution in [0.15, 0.2) is 29.4 Å². The molecule has 3 N–H and O–H groups in total. The van der Waals surface area contributed by atoms with Gasteiger partial charge in [-0.15, -0.1) is 10.2 Å². The first-order valence-electron chi connectivity index (χ1n) is 7.70. The molecule has 1 aromatic carbocycles. The lowest BCUT2D eigenvalue weighted by Gasteiger charge is -2.19. The zero-order chi connectivity index (χ0) is 17.5. The Kier molecular flexibility index (Phi) is 6.21. The number of benzene rings is 1. The molecule has 0 aliphatic rings. The Morgan fingerprint density at radius 3 is 2.67 bits per heavy atom. The molecule has 8 heteroatoms. The van der Waals surface area contributed by atoms with E-state index in [0.717, 1.165) is 12.1 Å². The van der Waals surface area contributed by atoms with Crippen molar-refractivity contribution in [2.45, 2.75) is 37.9 Å². The number of nitrogens with two attached hydrogens (primary N) is 1. The highest BCUT2D eigenvalue weighted by molar-refractivity contribution is 7.99. The fraction of sp³-hybridized carbons (Fsp3) is 0.375. The summed E-state index contributed by atoms with van der Waals surface area (Å²) in [6.07, 6.45) is 1.48. The van der Waals surface area contributed by atoms with Crippen molar-refractivity contribution >= 4 is 29.3 Å². The number of aromatic nitrogens is 3. The second-order valence-electron chi connectivity index (χ2n) is 5.12. The number of nitrogens with zero attached hydrogens (tertiary/aromatic N) is 4. The average molecular weight is 344 g/mol. The molecule has 0 aliphatic heterocycles. The maximum absolute atomic E-state index is 12.7. The van der Waals surface area contributed by atoms with Crippen LogP contribution in [0.3, 0.4) is 0 Å². The van der Waals surface area contributed by atoms with Gasteiger partial charge in [-0.25, -0.2) is 0 Å². The highest BCUT2D eigenvalue weighted by Crippen LogP contribution is 2.26. The number of nitriles is 1. The average Bonchev–Trinajstić information content (AvgIpc) is 2.95. The molecule has 0 saturated carbocycles. The third-order valence-corrected chi connectivity index (χ3v) is 4.40. The highest BCUT2D eigenvalue weighted by atomic mass is 32.2. The van der Waals surface area contributed by atoms with Crippen molar-refractivity contribution in [3.63, 3.8) is 0 Å². The van der Waals surface area contributed by atoms with Crippen LogP contribution < -0.4 is 11.1 Å². The van der Waals surface area contributed by atoms with Gasteiger partial charge in [0.1, 0.15) is 6.04 Å². The summed E-state index contributed by atoms with van der Waals surface area (Å²) in [4.78, 5) is 12.7. The summed E-state index contributed by atoms with van der Waals surface area (Å²) in [6, 6.07) is 9.22. The molecule has 0 saturated heterocycles. The summed E-state index contributed by atoms with van der Waals surface area (Å²) in [7, 11) is 0. The van der Waals surface area contributed by atoms with Crippen molar-refractivity contribution in [2.24, 2.45) is 0 Å². The number of aryl methyl sites for hydroxylation is 1. The van der Waals surface area contributed by atoms with E-state index in [0.29, 0.717) is 11.6 Å². The smallest absolute Gasteiger partial charge is 0.247 e. The first-order valence-corrected chi connectivity index (χ1v) is 8.69. The second kappa shape index (κ2) is 8.36. The molecule has 0 bridgehead atoms. The minimum Gasteiger partial charge on any atom is -0.368 e. The number of nitrogen functional groups attached to an aromatic ring is 1. The van der Waals surface area contributed by atoms with E-state index in [9.17, 15) is 4.79 Å². The Labute approximate surface area is 145 Å². The van der Waals surface area contributed by atoms with Crippen LogP contribution in [0, 0.1) is 11.3 Å². The van der Waals surface area contributed by atoms with Crippen molar-refractivity contribution in [1.82, 2.24) is 14.8 Å². The number of carbonyl (C=O) groups is 1. The van der Waals surface area contributed by atoms with Gasteiger partial charge in [0.25, 0.3) is 0 Å².